The first-order valence-electron chi connectivity index (χ1n) is 6.41. The minimum atomic E-state index is -3.63. The van der Waals surface area contributed by atoms with Gasteiger partial charge in [0, 0.05) is 26.2 Å². The Morgan fingerprint density at radius 1 is 1.50 bits per heavy atom. The predicted molar refractivity (Wildman–Crippen MR) is 73.6 cm³/mol. The molecule has 0 saturated carbocycles. The van der Waals surface area contributed by atoms with Gasteiger partial charge in [-0.15, -0.1) is 0 Å². The topological polar surface area (TPSA) is 101 Å². The summed E-state index contributed by atoms with van der Waals surface area (Å²) in [5.41, 5.74) is 0. The molecule has 0 spiro atoms. The third kappa shape index (κ3) is 5.30. The van der Waals surface area contributed by atoms with Gasteiger partial charge in [-0.25, -0.2) is 13.1 Å². The molecule has 114 valence electrons. The highest BCUT2D eigenvalue weighted by atomic mass is 32.2. The van der Waals surface area contributed by atoms with E-state index in [1.54, 1.807) is 7.05 Å². The highest BCUT2D eigenvalue weighted by Gasteiger charge is 2.20. The lowest BCUT2D eigenvalue weighted by Crippen LogP contribution is -2.31. The van der Waals surface area contributed by atoms with Gasteiger partial charge in [0.05, 0.1) is 6.20 Å². The Kier molecular flexibility index (Phi) is 5.70. The van der Waals surface area contributed by atoms with Gasteiger partial charge in [-0.2, -0.15) is 5.10 Å². The third-order valence-electron chi connectivity index (χ3n) is 2.82. The van der Waals surface area contributed by atoms with E-state index in [0.29, 0.717) is 12.3 Å². The van der Waals surface area contributed by atoms with Crippen molar-refractivity contribution >= 4 is 16.0 Å². The molecule has 0 bridgehead atoms. The number of carboxylic acids is 1. The lowest BCUT2D eigenvalue weighted by Gasteiger charge is -2.17. The molecule has 0 fully saturated rings. The van der Waals surface area contributed by atoms with Gasteiger partial charge in [0.1, 0.15) is 4.90 Å². The first-order chi connectivity index (χ1) is 9.20. The van der Waals surface area contributed by atoms with Crippen molar-refractivity contribution in [3.63, 3.8) is 0 Å². The molecule has 0 saturated heterocycles. The fourth-order valence-electron chi connectivity index (χ4n) is 2.00. The van der Waals surface area contributed by atoms with E-state index in [0.717, 1.165) is 0 Å². The third-order valence-corrected chi connectivity index (χ3v) is 4.20. The SMILES string of the molecule is CC(C)CC(CNS(=O)(=O)c1cnn(C)c1)CC(=O)O. The van der Waals surface area contributed by atoms with E-state index in [1.807, 2.05) is 13.8 Å². The smallest absolute Gasteiger partial charge is 0.303 e. The Labute approximate surface area is 119 Å². The summed E-state index contributed by atoms with van der Waals surface area (Å²) in [4.78, 5) is 10.9. The first kappa shape index (κ1) is 16.6. The van der Waals surface area contributed by atoms with Gasteiger partial charge < -0.3 is 5.11 Å². The number of hydrogen-bond acceptors (Lipinski definition) is 4. The van der Waals surface area contributed by atoms with Gasteiger partial charge in [0.2, 0.25) is 10.0 Å². The van der Waals surface area contributed by atoms with Crippen LogP contribution in [0.2, 0.25) is 0 Å². The Hall–Kier alpha value is -1.41. The Balaban J connectivity index is 2.68. The number of aromatic nitrogens is 2. The van der Waals surface area contributed by atoms with E-state index >= 15 is 0 Å². The van der Waals surface area contributed by atoms with Crippen molar-refractivity contribution in [3.8, 4) is 0 Å². The second-order valence-electron chi connectivity index (χ2n) is 5.30. The molecule has 1 atom stereocenters. The number of aliphatic carboxylic acids is 1. The van der Waals surface area contributed by atoms with Crippen molar-refractivity contribution in [1.29, 1.82) is 0 Å². The van der Waals surface area contributed by atoms with Gasteiger partial charge in [0.25, 0.3) is 0 Å². The van der Waals surface area contributed by atoms with Crippen LogP contribution in [0.3, 0.4) is 0 Å². The molecule has 0 amide bonds. The molecule has 1 rings (SSSR count). The molecule has 7 nitrogen and oxygen atoms in total. The van der Waals surface area contributed by atoms with Crippen molar-refractivity contribution in [2.75, 3.05) is 6.54 Å². The van der Waals surface area contributed by atoms with E-state index in [9.17, 15) is 13.2 Å². The number of rotatable bonds is 8. The largest absolute Gasteiger partial charge is 0.481 e. The maximum Gasteiger partial charge on any atom is 0.303 e. The molecule has 1 unspecified atom stereocenters. The van der Waals surface area contributed by atoms with Crippen LogP contribution in [0.5, 0.6) is 0 Å². The number of nitrogens with zero attached hydrogens (tertiary/aromatic N) is 2. The van der Waals surface area contributed by atoms with Crippen LogP contribution in [0.15, 0.2) is 17.3 Å². The standard InChI is InChI=1S/C12H21N3O4S/c1-9(2)4-10(5-12(16)17)6-14-20(18,19)11-7-13-15(3)8-11/h7-10,14H,4-6H2,1-3H3,(H,16,17). The monoisotopic (exact) mass is 303 g/mol. The van der Waals surface area contributed by atoms with Crippen molar-refractivity contribution in [1.82, 2.24) is 14.5 Å². The Morgan fingerprint density at radius 3 is 2.60 bits per heavy atom. The molecule has 8 heteroatoms. The molecule has 0 aliphatic carbocycles. The molecular weight excluding hydrogens is 282 g/mol. The summed E-state index contributed by atoms with van der Waals surface area (Å²) < 4.78 is 27.9. The average Bonchev–Trinajstić information content (AvgIpc) is 2.72. The van der Waals surface area contributed by atoms with Crippen molar-refractivity contribution in [2.45, 2.75) is 31.6 Å². The summed E-state index contributed by atoms with van der Waals surface area (Å²) in [6.07, 6.45) is 3.27. The second-order valence-corrected chi connectivity index (χ2v) is 7.06. The number of carbonyl (C=O) groups is 1. The van der Waals surface area contributed by atoms with E-state index in [1.165, 1.54) is 17.1 Å². The zero-order valence-electron chi connectivity index (χ0n) is 11.9. The minimum absolute atomic E-state index is 0.0479. The number of aryl methyl sites for hydroxylation is 1. The minimum Gasteiger partial charge on any atom is -0.481 e. The lowest BCUT2D eigenvalue weighted by atomic mass is 9.94. The number of nitrogens with one attached hydrogen (secondary N) is 1. The zero-order valence-corrected chi connectivity index (χ0v) is 12.7. The van der Waals surface area contributed by atoms with Crippen LogP contribution in [0, 0.1) is 11.8 Å². The predicted octanol–water partition coefficient (Wildman–Crippen LogP) is 0.835. The summed E-state index contributed by atoms with van der Waals surface area (Å²) in [6, 6.07) is 0. The molecule has 1 heterocycles. The van der Waals surface area contributed by atoms with E-state index < -0.39 is 16.0 Å². The maximum atomic E-state index is 12.0. The molecule has 0 aliphatic rings. The van der Waals surface area contributed by atoms with E-state index in [2.05, 4.69) is 9.82 Å². The summed E-state index contributed by atoms with van der Waals surface area (Å²) in [7, 11) is -2.00. The quantitative estimate of drug-likeness (QED) is 0.741. The van der Waals surface area contributed by atoms with Crippen LogP contribution < -0.4 is 4.72 Å². The summed E-state index contributed by atoms with van der Waals surface area (Å²) in [5.74, 6) is -0.836. The van der Waals surface area contributed by atoms with E-state index in [-0.39, 0.29) is 23.8 Å². The van der Waals surface area contributed by atoms with Crippen LogP contribution in [0.1, 0.15) is 26.7 Å². The van der Waals surface area contributed by atoms with Crippen molar-refractivity contribution in [3.05, 3.63) is 12.4 Å². The number of carboxylic acid groups (broad SMARTS) is 1. The van der Waals surface area contributed by atoms with Crippen LogP contribution in [-0.4, -0.2) is 35.8 Å². The molecule has 0 radical (unpaired) electrons. The summed E-state index contributed by atoms with van der Waals surface area (Å²) in [6.45, 7) is 4.07. The highest BCUT2D eigenvalue weighted by molar-refractivity contribution is 7.89. The van der Waals surface area contributed by atoms with Crippen molar-refractivity contribution < 1.29 is 18.3 Å². The van der Waals surface area contributed by atoms with Crippen LogP contribution in [0.25, 0.3) is 0 Å². The van der Waals surface area contributed by atoms with Gasteiger partial charge in [-0.1, -0.05) is 13.8 Å². The molecular formula is C12H21N3O4S. The number of hydrogen-bond donors (Lipinski definition) is 2. The van der Waals surface area contributed by atoms with Gasteiger partial charge in [0.15, 0.2) is 0 Å². The van der Waals surface area contributed by atoms with Gasteiger partial charge >= 0.3 is 5.97 Å². The first-order valence-corrected chi connectivity index (χ1v) is 7.89. The molecule has 0 aliphatic heterocycles. The molecule has 20 heavy (non-hydrogen) atoms. The summed E-state index contributed by atoms with van der Waals surface area (Å²) in [5, 5.41) is 12.7. The fourth-order valence-corrected chi connectivity index (χ4v) is 3.10. The Bertz CT molecular complexity index is 551. The zero-order chi connectivity index (χ0) is 15.3. The fraction of sp³-hybridized carbons (Fsp3) is 0.667. The highest BCUT2D eigenvalue weighted by Crippen LogP contribution is 2.16. The average molecular weight is 303 g/mol. The van der Waals surface area contributed by atoms with Gasteiger partial charge in [-0.3, -0.25) is 9.48 Å². The maximum absolute atomic E-state index is 12.0. The Morgan fingerprint density at radius 2 is 2.15 bits per heavy atom. The number of sulfonamides is 1. The molecule has 1 aromatic rings. The van der Waals surface area contributed by atoms with Crippen LogP contribution >= 0.6 is 0 Å². The lowest BCUT2D eigenvalue weighted by molar-refractivity contribution is -0.138. The molecule has 0 aromatic carbocycles. The van der Waals surface area contributed by atoms with Crippen LogP contribution in [0.4, 0.5) is 0 Å². The van der Waals surface area contributed by atoms with Gasteiger partial charge in [-0.05, 0) is 18.3 Å². The molecule has 1 aromatic heterocycles. The van der Waals surface area contributed by atoms with Crippen molar-refractivity contribution in [2.24, 2.45) is 18.9 Å². The molecule has 2 N–H and O–H groups in total. The van der Waals surface area contributed by atoms with Crippen LogP contribution in [-0.2, 0) is 21.9 Å². The summed E-state index contributed by atoms with van der Waals surface area (Å²) >= 11 is 0. The normalized spacial score (nSPS) is 13.6. The van der Waals surface area contributed by atoms with E-state index in [4.69, 9.17) is 5.11 Å². The second kappa shape index (κ2) is 6.85.